The second-order valence-electron chi connectivity index (χ2n) is 5.29. The maximum absolute atomic E-state index is 12.5. The van der Waals surface area contributed by atoms with Gasteiger partial charge in [0.05, 0.1) is 5.56 Å². The summed E-state index contributed by atoms with van der Waals surface area (Å²) in [6, 6.07) is 7.10. The SMILES string of the molecule is Cn1c2c(c(=O)n(C)c1=O)[C@@H](c1ccccc1Cl)CC(=O)N2. The van der Waals surface area contributed by atoms with E-state index in [1.54, 1.807) is 24.3 Å². The Morgan fingerprint density at radius 2 is 1.82 bits per heavy atom. The van der Waals surface area contributed by atoms with Crippen LogP contribution in [0.3, 0.4) is 0 Å². The lowest BCUT2D eigenvalue weighted by Crippen LogP contribution is -2.44. The minimum atomic E-state index is -0.483. The molecule has 7 heteroatoms. The van der Waals surface area contributed by atoms with Crippen LogP contribution in [0.25, 0.3) is 0 Å². The number of hydrogen-bond donors (Lipinski definition) is 1. The Morgan fingerprint density at radius 3 is 2.50 bits per heavy atom. The summed E-state index contributed by atoms with van der Waals surface area (Å²) < 4.78 is 2.32. The first-order chi connectivity index (χ1) is 10.4. The van der Waals surface area contributed by atoms with Crippen LogP contribution in [0, 0.1) is 0 Å². The van der Waals surface area contributed by atoms with Gasteiger partial charge in [-0.2, -0.15) is 0 Å². The van der Waals surface area contributed by atoms with Gasteiger partial charge >= 0.3 is 5.69 Å². The number of nitrogens with one attached hydrogen (secondary N) is 1. The molecule has 22 heavy (non-hydrogen) atoms. The van der Waals surface area contributed by atoms with Crippen molar-refractivity contribution in [2.75, 3.05) is 5.32 Å². The number of halogens is 1. The molecule has 0 radical (unpaired) electrons. The lowest BCUT2D eigenvalue weighted by atomic mass is 9.86. The van der Waals surface area contributed by atoms with Gasteiger partial charge in [0, 0.05) is 31.5 Å². The summed E-state index contributed by atoms with van der Waals surface area (Å²) in [5.74, 6) is -0.474. The van der Waals surface area contributed by atoms with Crippen molar-refractivity contribution >= 4 is 23.3 Å². The number of rotatable bonds is 1. The van der Waals surface area contributed by atoms with Gasteiger partial charge in [-0.15, -0.1) is 0 Å². The van der Waals surface area contributed by atoms with Gasteiger partial charge in [0.15, 0.2) is 0 Å². The van der Waals surface area contributed by atoms with Crippen LogP contribution in [0.5, 0.6) is 0 Å². The zero-order chi connectivity index (χ0) is 16.0. The predicted molar refractivity (Wildman–Crippen MR) is 83.5 cm³/mol. The predicted octanol–water partition coefficient (Wildman–Crippen LogP) is 1.21. The normalized spacial score (nSPS) is 17.0. The van der Waals surface area contributed by atoms with Gasteiger partial charge < -0.3 is 5.32 Å². The summed E-state index contributed by atoms with van der Waals surface area (Å²) in [6.45, 7) is 0. The number of nitrogens with zero attached hydrogens (tertiary/aromatic N) is 2. The smallest absolute Gasteiger partial charge is 0.312 e. The highest BCUT2D eigenvalue weighted by atomic mass is 35.5. The lowest BCUT2D eigenvalue weighted by Gasteiger charge is -2.27. The highest BCUT2D eigenvalue weighted by Gasteiger charge is 2.33. The number of amides is 1. The molecule has 1 aromatic carbocycles. The van der Waals surface area contributed by atoms with Crippen LogP contribution in [0.15, 0.2) is 33.9 Å². The van der Waals surface area contributed by atoms with E-state index < -0.39 is 17.2 Å². The molecule has 1 aliphatic rings. The summed E-state index contributed by atoms with van der Waals surface area (Å²) >= 11 is 6.23. The molecule has 6 nitrogen and oxygen atoms in total. The summed E-state index contributed by atoms with van der Waals surface area (Å²) in [5, 5.41) is 3.11. The van der Waals surface area contributed by atoms with Gasteiger partial charge in [0.25, 0.3) is 5.56 Å². The number of fused-ring (bicyclic) bond motifs is 1. The van der Waals surface area contributed by atoms with Crippen LogP contribution < -0.4 is 16.6 Å². The molecule has 0 saturated carbocycles. The van der Waals surface area contributed by atoms with E-state index in [-0.39, 0.29) is 18.1 Å². The molecule has 0 aliphatic carbocycles. The largest absolute Gasteiger partial charge is 0.332 e. The van der Waals surface area contributed by atoms with E-state index in [9.17, 15) is 14.4 Å². The minimum Gasteiger partial charge on any atom is -0.312 e. The van der Waals surface area contributed by atoms with E-state index in [0.29, 0.717) is 16.1 Å². The Kier molecular flexibility index (Phi) is 3.41. The molecule has 0 bridgehead atoms. The third kappa shape index (κ3) is 2.07. The van der Waals surface area contributed by atoms with Crippen molar-refractivity contribution < 1.29 is 4.79 Å². The van der Waals surface area contributed by atoms with Crippen molar-refractivity contribution in [3.05, 3.63) is 61.3 Å². The van der Waals surface area contributed by atoms with Gasteiger partial charge in [-0.3, -0.25) is 18.7 Å². The van der Waals surface area contributed by atoms with Crippen LogP contribution in [-0.4, -0.2) is 15.0 Å². The molecule has 0 spiro atoms. The molecule has 114 valence electrons. The zero-order valence-electron chi connectivity index (χ0n) is 12.1. The summed E-state index contributed by atoms with van der Waals surface area (Å²) in [6.07, 6.45) is 0.115. The molecule has 1 aliphatic heterocycles. The number of carbonyl (C=O) groups excluding carboxylic acids is 1. The van der Waals surface area contributed by atoms with Gasteiger partial charge in [-0.25, -0.2) is 4.79 Å². The van der Waals surface area contributed by atoms with E-state index in [4.69, 9.17) is 11.6 Å². The quantitative estimate of drug-likeness (QED) is 0.858. The van der Waals surface area contributed by atoms with Crippen molar-refractivity contribution in [3.63, 3.8) is 0 Å². The fourth-order valence-corrected chi connectivity index (χ4v) is 3.10. The molecular formula is C15H14ClN3O3. The number of aromatic nitrogens is 2. The van der Waals surface area contributed by atoms with E-state index >= 15 is 0 Å². The number of benzene rings is 1. The molecule has 1 aromatic heterocycles. The molecule has 2 heterocycles. The third-order valence-corrected chi connectivity index (χ3v) is 4.32. The fourth-order valence-electron chi connectivity index (χ4n) is 2.83. The van der Waals surface area contributed by atoms with Gasteiger partial charge in [-0.1, -0.05) is 29.8 Å². The van der Waals surface area contributed by atoms with E-state index in [2.05, 4.69) is 5.32 Å². The molecule has 2 aromatic rings. The Hall–Kier alpha value is -2.34. The Morgan fingerprint density at radius 1 is 1.14 bits per heavy atom. The molecule has 0 fully saturated rings. The molecule has 3 rings (SSSR count). The van der Waals surface area contributed by atoms with Crippen molar-refractivity contribution in [1.29, 1.82) is 0 Å². The van der Waals surface area contributed by atoms with Crippen molar-refractivity contribution in [2.24, 2.45) is 14.1 Å². The maximum atomic E-state index is 12.5. The number of hydrogen-bond acceptors (Lipinski definition) is 3. The summed E-state index contributed by atoms with van der Waals surface area (Å²) in [4.78, 5) is 36.6. The molecule has 1 N–H and O–H groups in total. The van der Waals surface area contributed by atoms with Crippen LogP contribution in [0.1, 0.15) is 23.5 Å². The standard InChI is InChI=1S/C15H14ClN3O3/c1-18-13-12(14(21)19(2)15(18)22)9(7-11(20)17-13)8-5-3-4-6-10(8)16/h3-6,9H,7H2,1-2H3,(H,17,20)/t9-/m1/s1. The summed E-state index contributed by atoms with van der Waals surface area (Å²) in [7, 11) is 2.95. The Labute approximate surface area is 131 Å². The lowest BCUT2D eigenvalue weighted by molar-refractivity contribution is -0.116. The van der Waals surface area contributed by atoms with E-state index in [1.165, 1.54) is 18.7 Å². The average Bonchev–Trinajstić information content (AvgIpc) is 2.50. The highest BCUT2D eigenvalue weighted by molar-refractivity contribution is 6.31. The topological polar surface area (TPSA) is 73.1 Å². The van der Waals surface area contributed by atoms with Crippen LogP contribution >= 0.6 is 11.6 Å². The second kappa shape index (κ2) is 5.14. The van der Waals surface area contributed by atoms with Crippen LogP contribution in [0.4, 0.5) is 5.82 Å². The van der Waals surface area contributed by atoms with Gasteiger partial charge in [0.2, 0.25) is 5.91 Å². The average molecular weight is 320 g/mol. The molecular weight excluding hydrogens is 306 g/mol. The van der Waals surface area contributed by atoms with Gasteiger partial charge in [-0.05, 0) is 11.6 Å². The Balaban J connectivity index is 2.36. The van der Waals surface area contributed by atoms with Crippen LogP contribution in [-0.2, 0) is 18.9 Å². The second-order valence-corrected chi connectivity index (χ2v) is 5.70. The number of anilines is 1. The number of carbonyl (C=O) groups is 1. The third-order valence-electron chi connectivity index (χ3n) is 3.98. The zero-order valence-corrected chi connectivity index (χ0v) is 12.8. The molecule has 1 amide bonds. The fraction of sp³-hybridized carbons (Fsp3) is 0.267. The van der Waals surface area contributed by atoms with Gasteiger partial charge in [0.1, 0.15) is 5.82 Å². The highest BCUT2D eigenvalue weighted by Crippen LogP contribution is 2.37. The van der Waals surface area contributed by atoms with Crippen LogP contribution in [0.2, 0.25) is 5.02 Å². The van der Waals surface area contributed by atoms with E-state index in [1.807, 2.05) is 0 Å². The molecule has 1 atom stereocenters. The Bertz CT molecular complexity index is 898. The molecule has 0 unspecified atom stereocenters. The first kappa shape index (κ1) is 14.6. The monoisotopic (exact) mass is 319 g/mol. The van der Waals surface area contributed by atoms with Crippen molar-refractivity contribution in [2.45, 2.75) is 12.3 Å². The summed E-state index contributed by atoms with van der Waals surface area (Å²) in [5.41, 5.74) is 0.195. The maximum Gasteiger partial charge on any atom is 0.332 e. The van der Waals surface area contributed by atoms with Crippen molar-refractivity contribution in [3.8, 4) is 0 Å². The molecule has 0 saturated heterocycles. The van der Waals surface area contributed by atoms with Crippen molar-refractivity contribution in [1.82, 2.24) is 9.13 Å². The first-order valence-corrected chi connectivity index (χ1v) is 7.13. The first-order valence-electron chi connectivity index (χ1n) is 6.76. The minimum absolute atomic E-state index is 0.115. The van der Waals surface area contributed by atoms with E-state index in [0.717, 1.165) is 4.57 Å².